The Balaban J connectivity index is 0.000000846. The van der Waals surface area contributed by atoms with Crippen molar-refractivity contribution in [1.29, 1.82) is 0 Å². The number of benzene rings is 8. The van der Waals surface area contributed by atoms with Crippen molar-refractivity contribution in [2.24, 2.45) is 0 Å². The number of carbonyl (C=O) groups is 8. The van der Waals surface area contributed by atoms with Crippen LogP contribution in [0, 0.1) is 11.6 Å². The molecule has 0 aliphatic rings. The van der Waals surface area contributed by atoms with E-state index in [4.69, 9.17) is 115 Å². The van der Waals surface area contributed by atoms with Gasteiger partial charge in [0, 0.05) is 31.2 Å². The molecule has 0 spiro atoms. The minimum absolute atomic E-state index is 0.0491. The maximum absolute atomic E-state index is 13.4. The van der Waals surface area contributed by atoms with E-state index < -0.39 is 239 Å². The molecule has 0 saturated carbocycles. The second-order valence-electron chi connectivity index (χ2n) is 29.0. The van der Waals surface area contributed by atoms with Crippen molar-refractivity contribution in [3.05, 3.63) is 256 Å². The molecule has 148 heavy (non-hydrogen) atoms. The molecule has 0 aromatic heterocycles. The lowest BCUT2D eigenvalue weighted by molar-refractivity contribution is 0.0511. The van der Waals surface area contributed by atoms with Gasteiger partial charge in [0.05, 0.1) is 252 Å². The first-order valence-electron chi connectivity index (χ1n) is 41.2. The summed E-state index contributed by atoms with van der Waals surface area (Å²) in [5.41, 5.74) is 17.8. The Morgan fingerprint density at radius 1 is 0.304 bits per heavy atom. The van der Waals surface area contributed by atoms with Crippen LogP contribution >= 0.6 is 23.2 Å². The highest BCUT2D eigenvalue weighted by molar-refractivity contribution is 7.87. The summed E-state index contributed by atoms with van der Waals surface area (Å²) in [4.78, 5) is 94.4. The van der Waals surface area contributed by atoms with E-state index in [1.54, 1.807) is 42.5 Å². The summed E-state index contributed by atoms with van der Waals surface area (Å²) in [6.07, 6.45) is 1.47. The molecular weight excluding hydrogens is 2160 g/mol. The lowest BCUT2D eigenvalue weighted by Crippen LogP contribution is -2.17. The number of nitrogen functional groups attached to an aromatic ring is 2. The highest BCUT2D eigenvalue weighted by Gasteiger charge is 2.23. The number of halogens is 4. The maximum atomic E-state index is 13.4. The molecule has 0 aliphatic carbocycles. The third-order valence-electron chi connectivity index (χ3n) is 17.6. The summed E-state index contributed by atoms with van der Waals surface area (Å²) in [6, 6.07) is 33.3. The number of esters is 8. The molecule has 8 aromatic carbocycles. The van der Waals surface area contributed by atoms with Crippen LogP contribution in [-0.2, 0) is 176 Å². The van der Waals surface area contributed by atoms with Gasteiger partial charge in [-0.2, -0.15) is 0 Å². The van der Waals surface area contributed by atoms with E-state index in [2.05, 4.69) is 28.4 Å². The Morgan fingerprint density at radius 3 is 1.00 bits per heavy atom. The van der Waals surface area contributed by atoms with E-state index >= 15 is 0 Å². The van der Waals surface area contributed by atoms with Crippen molar-refractivity contribution in [1.82, 2.24) is 0 Å². The van der Waals surface area contributed by atoms with E-state index in [0.29, 0.717) is 33.4 Å². The molecule has 0 heterocycles. The summed E-state index contributed by atoms with van der Waals surface area (Å²) in [5.74, 6) is -14.9. The summed E-state index contributed by atoms with van der Waals surface area (Å²) in [7, 11) is 17.2. The van der Waals surface area contributed by atoms with Gasteiger partial charge >= 0.3 is 47.8 Å². The second kappa shape index (κ2) is 65.2. The fourth-order valence-electron chi connectivity index (χ4n) is 10.4. The van der Waals surface area contributed by atoms with Crippen LogP contribution in [0.4, 0.5) is 25.8 Å². The molecule has 0 bridgehead atoms. The molecule has 0 aliphatic heterocycles. The normalized spacial score (nSPS) is 11.2. The van der Waals surface area contributed by atoms with Crippen molar-refractivity contribution < 1.29 is 194 Å². The number of nitrogens with zero attached hydrogens (tertiary/aromatic N) is 1. The Kier molecular flexibility index (Phi) is 59.5. The quantitative estimate of drug-likeness (QED) is 0.0155. The number of anilines is 3. The average molecular weight is 2240 g/mol. The molecule has 18 radical (unpaired) electrons. The second-order valence-corrected chi connectivity index (χ2v) is 42.0. The monoisotopic (exact) mass is 2240 g/mol. The largest absolute Gasteiger partial charge is 0.748 e. The van der Waals surface area contributed by atoms with Gasteiger partial charge in [-0.1, -0.05) is 156 Å². The third-order valence-corrected chi connectivity index (χ3v) is 23.6. The number of ether oxygens (including phenoxy) is 8. The minimum atomic E-state index is -4.47. The number of hydrogen-bond donors (Lipinski definition) is 3. The van der Waals surface area contributed by atoms with E-state index in [-0.39, 0.29) is 134 Å². The predicted octanol–water partition coefficient (Wildman–Crippen LogP) is 0.646. The zero-order chi connectivity index (χ0) is 113. The number of nitrogens with two attached hydrogens (primary N) is 2. The van der Waals surface area contributed by atoms with E-state index in [9.17, 15) is 156 Å². The van der Waals surface area contributed by atoms with Crippen molar-refractivity contribution in [2.45, 2.75) is 56.9 Å². The summed E-state index contributed by atoms with van der Waals surface area (Å²) < 4.78 is 312. The number of carbonyl (C=O) groups excluding carboxylic acids is 8. The zero-order valence-corrected chi connectivity index (χ0v) is 85.9. The molecule has 0 fully saturated rings. The van der Waals surface area contributed by atoms with Crippen LogP contribution in [0.25, 0.3) is 0 Å². The topological polar surface area (TPSA) is 744 Å². The first-order chi connectivity index (χ1) is 68.5. The fourth-order valence-corrected chi connectivity index (χ4v) is 13.1. The summed E-state index contributed by atoms with van der Waals surface area (Å²) >= 11 is 11.6. The van der Waals surface area contributed by atoms with Crippen molar-refractivity contribution in [3.8, 4) is 5.75 Å². The van der Waals surface area contributed by atoms with Crippen LogP contribution < -0.4 is 16.4 Å². The SMILES string of the molecule is [B]Cc1cc(C(=O)OCCS(=O)(=O)[O-])ccc1N(C)C.[B]Cc1cc(C[B])c(N)c(C(=O)OCCS(=O)(=O)[O-])c1.[B]Cc1ccc(C(=O)OCCS(=O)(=O)[O-])c(Cl)c1.[B]Cc1ccc(C(=O)OCCS(=O)(=O)[O-])cc1O.[B]Cc1ccc(Cl)c(C(=O)OCCS(=O)(=O)[O-])c1.[B]Cc1ccc(F)c(C(=O)OCCS(=O)(=O)[O-])c1.[B]Cc1ccc(N)c(C(=O)OCCS(=O)(=O)[O-])c1.[B]Cc1cccc(F)c1C(=O)OCCS(=O)(=O)[O-]. The Hall–Kier alpha value is -11.0. The molecule has 8 aromatic rings. The number of aromatic hydroxyl groups is 1. The van der Waals surface area contributed by atoms with Crippen LogP contribution in [0.3, 0.4) is 0 Å². The fraction of sp³-hybridized carbons (Fsp3) is 0.325. The van der Waals surface area contributed by atoms with Crippen molar-refractivity contribution >= 4 is 240 Å². The maximum Gasteiger partial charge on any atom is 0.341 e. The first kappa shape index (κ1) is 135. The van der Waals surface area contributed by atoms with Gasteiger partial charge in [0.2, 0.25) is 0 Å². The summed E-state index contributed by atoms with van der Waals surface area (Å²) in [5, 5.41) is 9.79. The van der Waals surface area contributed by atoms with Gasteiger partial charge in [-0.15, -0.1) is 0 Å². The van der Waals surface area contributed by atoms with E-state index in [1.807, 2.05) is 19.0 Å². The standard InChI is InChI=1S/C12H16BNO5S.C11H13B2NO5S.2C10H10BClO5S.2C10H10BFO5S.C10H12BNO5S.C10H11BO6S/c1-14(2)11-4-3-9(7-10(11)8-13)12(15)19-5-6-20(16,17)18;12-5-7-3-8(6-13)10(14)9(4-7)11(15)19-1-2-20(16,17)18;11-6-7-1-2-9(12)8(5-7)10(13)17-3-4-18(14,15)16;11-6-7-1-2-8(9(12)5-7)10(13)17-3-4-18(14,15)16;11-6-7-1-2-9(12)8(5-7)10(13)17-3-4-18(14,15)16;11-6-7-2-1-3-8(12)9(7)10(13)17-4-5-18(14,15)16;11-6-7-1-2-9(12)8(5-7)10(13)17-3-4-18(14,15)16;11-6-8-2-1-7(5-9(8)12)10(13)17-3-4-18(14,15)16/h3-4,7H,5-6,8H2,1-2H3,(H,16,17,18);3-4H,1-2,5-6,14H2,(H,16,17,18);3*1-2,5H,3-4,6H2,(H,14,15,16);1-3H,4-6H2,(H,14,15,16);1-2,5H,3-4,6,12H2,(H,14,15,16);1-2,5,12H,3-4,6H2,(H,14,15,16)/p-8. The predicted molar refractivity (Wildman–Crippen MR) is 530 cm³/mol. The number of hydrogen-bond acceptors (Lipinski definition) is 44. The van der Waals surface area contributed by atoms with Crippen LogP contribution in [0.2, 0.25) is 10.0 Å². The molecule has 65 heteroatoms. The molecule has 44 nitrogen and oxygen atoms in total. The van der Waals surface area contributed by atoms with Crippen LogP contribution in [0.1, 0.15) is 133 Å². The smallest absolute Gasteiger partial charge is 0.341 e. The van der Waals surface area contributed by atoms with Gasteiger partial charge in [0.25, 0.3) is 0 Å². The van der Waals surface area contributed by atoms with Gasteiger partial charge in [-0.05, 0) is 113 Å². The Bertz CT molecular complexity index is 6650. The Morgan fingerprint density at radius 2 is 0.622 bits per heavy atom. The summed E-state index contributed by atoms with van der Waals surface area (Å²) in [6.45, 7) is -4.26. The third kappa shape index (κ3) is 56.6. The first-order valence-corrected chi connectivity index (χ1v) is 54.6. The molecule has 5 N–H and O–H groups in total. The molecular formula is C83H84B9Cl2F2N3O41S8-8. The van der Waals surface area contributed by atoms with E-state index in [1.165, 1.54) is 78.9 Å². The van der Waals surface area contributed by atoms with Gasteiger partial charge in [-0.25, -0.2) is 114 Å². The Labute approximate surface area is 874 Å². The van der Waals surface area contributed by atoms with Crippen LogP contribution in [0.5, 0.6) is 5.75 Å². The highest BCUT2D eigenvalue weighted by Crippen LogP contribution is 2.27. The van der Waals surface area contributed by atoms with Crippen molar-refractivity contribution in [3.63, 3.8) is 0 Å². The molecule has 788 valence electrons. The van der Waals surface area contributed by atoms with Gasteiger partial charge in [0.1, 0.15) is 70.2 Å². The number of phenols is 1. The highest BCUT2D eigenvalue weighted by atomic mass is 35.5. The lowest BCUT2D eigenvalue weighted by atomic mass is 9.88. The molecule has 8 rings (SSSR count). The molecule has 0 atom stereocenters. The van der Waals surface area contributed by atoms with Gasteiger partial charge in [-0.3, -0.25) is 0 Å². The molecule has 0 saturated heterocycles. The van der Waals surface area contributed by atoms with Crippen molar-refractivity contribution in [2.75, 3.05) is 129 Å². The number of phenolic OH excluding ortho intramolecular Hbond substituents is 1. The van der Waals surface area contributed by atoms with Gasteiger partial charge < -0.3 is 95.8 Å². The van der Waals surface area contributed by atoms with Crippen LogP contribution in [0.15, 0.2) is 140 Å². The minimum Gasteiger partial charge on any atom is -0.748 e. The van der Waals surface area contributed by atoms with Gasteiger partial charge in [0.15, 0.2) is 0 Å². The number of rotatable bonds is 42. The lowest BCUT2D eigenvalue weighted by Gasteiger charge is -2.17. The molecule has 0 amide bonds. The zero-order valence-electron chi connectivity index (χ0n) is 77.8. The molecule has 0 unspecified atom stereocenters. The average Bonchev–Trinajstić information content (AvgIpc) is 0.799. The van der Waals surface area contributed by atoms with E-state index in [0.717, 1.165) is 35.0 Å². The van der Waals surface area contributed by atoms with Crippen LogP contribution in [-0.4, -0.2) is 340 Å².